The van der Waals surface area contributed by atoms with Crippen LogP contribution in [-0.4, -0.2) is 12.6 Å². The van der Waals surface area contributed by atoms with E-state index in [1.165, 1.54) is 82.4 Å². The van der Waals surface area contributed by atoms with Crippen LogP contribution in [0.4, 0.5) is 13.2 Å². The van der Waals surface area contributed by atoms with Gasteiger partial charge in [0.1, 0.15) is 40.6 Å². The molecule has 4 rings (SSSR count). The molecule has 210 valence electrons. The molecule has 0 aromatic heterocycles. The fourth-order valence-electron chi connectivity index (χ4n) is 6.30. The highest BCUT2D eigenvalue weighted by Gasteiger charge is 2.31. The molecular weight excluding hydrogens is 503 g/mol. The normalized spacial score (nSPS) is 23.2. The summed E-state index contributed by atoms with van der Waals surface area (Å²) in [6.07, 6.45) is 15.7. The SMILES string of the molecule is CCCCCC1CCC(C2CCC(COc3ccc(C(=O)Oc4cc(F)c(C#N)c(F)c4)c(F)c3)CC2)CC1. The van der Waals surface area contributed by atoms with E-state index in [2.05, 4.69) is 6.92 Å². The molecule has 0 bridgehead atoms. The molecule has 2 fully saturated rings. The van der Waals surface area contributed by atoms with Crippen LogP contribution in [0.1, 0.15) is 99.9 Å². The van der Waals surface area contributed by atoms with Gasteiger partial charge in [-0.3, -0.25) is 0 Å². The summed E-state index contributed by atoms with van der Waals surface area (Å²) in [5.74, 6) is -1.35. The van der Waals surface area contributed by atoms with Gasteiger partial charge in [-0.2, -0.15) is 5.26 Å². The Morgan fingerprint density at radius 2 is 1.44 bits per heavy atom. The van der Waals surface area contributed by atoms with E-state index in [4.69, 9.17) is 14.7 Å². The molecule has 0 spiro atoms. The smallest absolute Gasteiger partial charge is 0.346 e. The maximum Gasteiger partial charge on any atom is 0.346 e. The van der Waals surface area contributed by atoms with Crippen molar-refractivity contribution >= 4 is 5.97 Å². The quantitative estimate of drug-likeness (QED) is 0.171. The van der Waals surface area contributed by atoms with Crippen LogP contribution in [0.2, 0.25) is 0 Å². The third kappa shape index (κ3) is 7.77. The zero-order valence-corrected chi connectivity index (χ0v) is 22.7. The van der Waals surface area contributed by atoms with E-state index in [1.54, 1.807) is 0 Å². The Hall–Kier alpha value is -3.01. The van der Waals surface area contributed by atoms with Crippen LogP contribution >= 0.6 is 0 Å². The Morgan fingerprint density at radius 3 is 2.00 bits per heavy atom. The highest BCUT2D eigenvalue weighted by molar-refractivity contribution is 5.91. The van der Waals surface area contributed by atoms with Crippen molar-refractivity contribution in [3.63, 3.8) is 0 Å². The van der Waals surface area contributed by atoms with Gasteiger partial charge in [0, 0.05) is 18.2 Å². The van der Waals surface area contributed by atoms with Crippen molar-refractivity contribution in [1.82, 2.24) is 0 Å². The van der Waals surface area contributed by atoms with Crippen molar-refractivity contribution in [3.05, 3.63) is 58.9 Å². The molecule has 39 heavy (non-hydrogen) atoms. The Balaban J connectivity index is 1.21. The van der Waals surface area contributed by atoms with Crippen LogP contribution < -0.4 is 9.47 Å². The molecule has 0 amide bonds. The maximum atomic E-state index is 14.6. The number of halogens is 3. The second kappa shape index (κ2) is 13.9. The monoisotopic (exact) mass is 541 g/mol. The minimum absolute atomic E-state index is 0.322. The first-order valence-corrected chi connectivity index (χ1v) is 14.4. The van der Waals surface area contributed by atoms with Gasteiger partial charge in [-0.15, -0.1) is 0 Å². The van der Waals surface area contributed by atoms with Gasteiger partial charge in [0.05, 0.1) is 12.2 Å². The Morgan fingerprint density at radius 1 is 0.846 bits per heavy atom. The fraction of sp³-hybridized carbons (Fsp3) is 0.562. The molecule has 0 atom stereocenters. The average molecular weight is 542 g/mol. The van der Waals surface area contributed by atoms with E-state index < -0.39 is 34.7 Å². The lowest BCUT2D eigenvalue weighted by molar-refractivity contribution is 0.0729. The summed E-state index contributed by atoms with van der Waals surface area (Å²) in [4.78, 5) is 12.4. The number of unbranched alkanes of at least 4 members (excludes halogenated alkanes) is 2. The van der Waals surface area contributed by atoms with Crippen LogP contribution in [0.5, 0.6) is 11.5 Å². The number of hydrogen-bond acceptors (Lipinski definition) is 4. The molecule has 0 radical (unpaired) electrons. The van der Waals surface area contributed by atoms with Crippen LogP contribution in [-0.2, 0) is 0 Å². The van der Waals surface area contributed by atoms with Gasteiger partial charge in [0.2, 0.25) is 0 Å². The summed E-state index contributed by atoms with van der Waals surface area (Å²) in [6.45, 7) is 2.77. The molecular formula is C32H38F3NO3. The first kappa shape index (κ1) is 29.0. The van der Waals surface area contributed by atoms with Crippen molar-refractivity contribution in [3.8, 4) is 17.6 Å². The van der Waals surface area contributed by atoms with E-state index in [1.807, 2.05) is 0 Å². The lowest BCUT2D eigenvalue weighted by Gasteiger charge is -2.38. The molecule has 0 aliphatic heterocycles. The van der Waals surface area contributed by atoms with Crippen LogP contribution in [0.25, 0.3) is 0 Å². The van der Waals surface area contributed by atoms with Crippen LogP contribution in [0.15, 0.2) is 30.3 Å². The molecule has 7 heteroatoms. The largest absolute Gasteiger partial charge is 0.493 e. The fourth-order valence-corrected chi connectivity index (χ4v) is 6.30. The van der Waals surface area contributed by atoms with Crippen molar-refractivity contribution < 1.29 is 27.4 Å². The number of esters is 1. The predicted octanol–water partition coefficient (Wildman–Crippen LogP) is 8.77. The molecule has 0 unspecified atom stereocenters. The molecule has 0 saturated heterocycles. The van der Waals surface area contributed by atoms with Gasteiger partial charge in [0.25, 0.3) is 0 Å². The minimum atomic E-state index is -1.16. The van der Waals surface area contributed by atoms with Gasteiger partial charge in [0.15, 0.2) is 0 Å². The summed E-state index contributed by atoms with van der Waals surface area (Å²) in [5, 5.41) is 8.74. The van der Waals surface area contributed by atoms with Crippen molar-refractivity contribution in [2.24, 2.45) is 23.7 Å². The van der Waals surface area contributed by atoms with E-state index in [9.17, 15) is 18.0 Å². The zero-order valence-electron chi connectivity index (χ0n) is 22.7. The van der Waals surface area contributed by atoms with E-state index in [-0.39, 0.29) is 5.56 Å². The van der Waals surface area contributed by atoms with E-state index in [0.717, 1.165) is 36.7 Å². The summed E-state index contributed by atoms with van der Waals surface area (Å²) in [6, 6.07) is 6.66. The lowest BCUT2D eigenvalue weighted by atomic mass is 9.69. The van der Waals surface area contributed by atoms with Crippen molar-refractivity contribution in [1.29, 1.82) is 5.26 Å². The standard InChI is InChI=1S/C32H38F3NO3/c1-2-3-4-5-21-6-10-23(11-7-21)24-12-8-22(9-13-24)20-38-25-14-15-27(29(33)16-25)32(37)39-26-17-30(34)28(19-36)31(35)18-26/h14-18,21-24H,2-13,20H2,1H3. The first-order chi connectivity index (χ1) is 18.9. The Labute approximate surface area is 229 Å². The predicted molar refractivity (Wildman–Crippen MR) is 143 cm³/mol. The average Bonchev–Trinajstić information content (AvgIpc) is 2.92. The van der Waals surface area contributed by atoms with Gasteiger partial charge in [-0.05, 0) is 74.3 Å². The van der Waals surface area contributed by atoms with Gasteiger partial charge in [-0.25, -0.2) is 18.0 Å². The number of hydrogen-bond donors (Lipinski definition) is 0. The number of ether oxygens (including phenoxy) is 2. The van der Waals surface area contributed by atoms with Gasteiger partial charge >= 0.3 is 5.97 Å². The number of benzene rings is 2. The zero-order chi connectivity index (χ0) is 27.8. The Bertz CT molecular complexity index is 1140. The molecule has 2 aliphatic rings. The van der Waals surface area contributed by atoms with E-state index in [0.29, 0.717) is 30.4 Å². The molecule has 2 aromatic rings. The van der Waals surface area contributed by atoms with Crippen molar-refractivity contribution in [2.75, 3.05) is 6.61 Å². The maximum absolute atomic E-state index is 14.6. The molecule has 2 aromatic carbocycles. The number of nitrogens with zero attached hydrogens (tertiary/aromatic N) is 1. The highest BCUT2D eigenvalue weighted by Crippen LogP contribution is 2.42. The third-order valence-electron chi connectivity index (χ3n) is 8.65. The Kier molecular flexibility index (Phi) is 10.3. The second-order valence-electron chi connectivity index (χ2n) is 11.3. The molecule has 4 nitrogen and oxygen atoms in total. The van der Waals surface area contributed by atoms with Gasteiger partial charge < -0.3 is 9.47 Å². The third-order valence-corrected chi connectivity index (χ3v) is 8.65. The summed E-state index contributed by atoms with van der Waals surface area (Å²) in [5.41, 5.74) is -1.16. The summed E-state index contributed by atoms with van der Waals surface area (Å²) < 4.78 is 53.0. The van der Waals surface area contributed by atoms with Crippen molar-refractivity contribution in [2.45, 2.75) is 84.0 Å². The summed E-state index contributed by atoms with van der Waals surface area (Å²) >= 11 is 0. The van der Waals surface area contributed by atoms with Crippen LogP contribution in [0, 0.1) is 52.5 Å². The first-order valence-electron chi connectivity index (χ1n) is 14.4. The molecule has 2 aliphatic carbocycles. The lowest BCUT2D eigenvalue weighted by Crippen LogP contribution is -2.27. The highest BCUT2D eigenvalue weighted by atomic mass is 19.1. The van der Waals surface area contributed by atoms with Gasteiger partial charge in [-0.1, -0.05) is 45.4 Å². The molecule has 2 saturated carbocycles. The molecule has 0 heterocycles. The number of nitriles is 1. The second-order valence-corrected chi connectivity index (χ2v) is 11.3. The van der Waals surface area contributed by atoms with Crippen LogP contribution in [0.3, 0.4) is 0 Å². The number of rotatable bonds is 10. The molecule has 0 N–H and O–H groups in total. The number of carbonyl (C=O) groups is 1. The minimum Gasteiger partial charge on any atom is -0.493 e. The number of carbonyl (C=O) groups excluding carboxylic acids is 1. The topological polar surface area (TPSA) is 59.3 Å². The summed E-state index contributed by atoms with van der Waals surface area (Å²) in [7, 11) is 0. The van der Waals surface area contributed by atoms with E-state index >= 15 is 0 Å².